The molecule has 0 aromatic carbocycles. The predicted octanol–water partition coefficient (Wildman–Crippen LogP) is 0.496. The Bertz CT molecular complexity index is 248. The van der Waals surface area contributed by atoms with Gasteiger partial charge in [-0.15, -0.1) is 0 Å². The Kier molecular flexibility index (Phi) is 5.07. The Balaban J connectivity index is 1.42. The fourth-order valence-corrected chi connectivity index (χ4v) is 1.81. The Hall–Kier alpha value is -0.810. The summed E-state index contributed by atoms with van der Waals surface area (Å²) in [5.41, 5.74) is 5.71. The second-order valence-corrected chi connectivity index (χ2v) is 4.84. The van der Waals surface area contributed by atoms with Crippen LogP contribution in [-0.4, -0.2) is 45.0 Å². The van der Waals surface area contributed by atoms with Gasteiger partial charge in [-0.05, 0) is 25.7 Å². The molecule has 1 unspecified atom stereocenters. The van der Waals surface area contributed by atoms with Crippen molar-refractivity contribution in [1.29, 1.82) is 0 Å². The normalized spacial score (nSPS) is 25.2. The molecule has 1 saturated carbocycles. The molecule has 1 atom stereocenters. The summed E-state index contributed by atoms with van der Waals surface area (Å²) in [5, 5.41) is 3.16. The third kappa shape index (κ3) is 5.37. The topological polar surface area (TPSA) is 68.9 Å². The SMILES string of the molecule is NC(=NCCCOCC1CCOC1)NC1CC1. The molecule has 3 N–H and O–H groups in total. The average molecular weight is 241 g/mol. The molecule has 0 radical (unpaired) electrons. The van der Waals surface area contributed by atoms with Gasteiger partial charge in [-0.3, -0.25) is 4.99 Å². The highest BCUT2D eigenvalue weighted by atomic mass is 16.5. The molecule has 1 aliphatic carbocycles. The van der Waals surface area contributed by atoms with Crippen LogP contribution >= 0.6 is 0 Å². The van der Waals surface area contributed by atoms with E-state index in [0.717, 1.165) is 45.8 Å². The van der Waals surface area contributed by atoms with Gasteiger partial charge in [-0.2, -0.15) is 0 Å². The van der Waals surface area contributed by atoms with E-state index in [1.807, 2.05) is 0 Å². The Labute approximate surface area is 103 Å². The molecule has 2 rings (SSSR count). The van der Waals surface area contributed by atoms with Gasteiger partial charge < -0.3 is 20.5 Å². The lowest BCUT2D eigenvalue weighted by Crippen LogP contribution is -2.33. The minimum Gasteiger partial charge on any atom is -0.381 e. The van der Waals surface area contributed by atoms with E-state index in [1.165, 1.54) is 12.8 Å². The molecular weight excluding hydrogens is 218 g/mol. The van der Waals surface area contributed by atoms with E-state index >= 15 is 0 Å². The van der Waals surface area contributed by atoms with Crippen LogP contribution in [0, 0.1) is 5.92 Å². The molecule has 0 spiro atoms. The maximum atomic E-state index is 5.71. The maximum Gasteiger partial charge on any atom is 0.188 e. The second kappa shape index (κ2) is 6.81. The van der Waals surface area contributed by atoms with Gasteiger partial charge in [-0.1, -0.05) is 0 Å². The van der Waals surface area contributed by atoms with Gasteiger partial charge in [0.05, 0.1) is 13.2 Å². The molecule has 2 fully saturated rings. The van der Waals surface area contributed by atoms with Crippen molar-refractivity contribution in [2.24, 2.45) is 16.6 Å². The highest BCUT2D eigenvalue weighted by Gasteiger charge is 2.21. The number of nitrogens with two attached hydrogens (primary N) is 1. The lowest BCUT2D eigenvalue weighted by Gasteiger charge is -2.08. The average Bonchev–Trinajstić information content (AvgIpc) is 2.96. The van der Waals surface area contributed by atoms with E-state index in [9.17, 15) is 0 Å². The molecule has 1 saturated heterocycles. The van der Waals surface area contributed by atoms with Gasteiger partial charge in [0, 0.05) is 31.7 Å². The Morgan fingerprint density at radius 1 is 1.41 bits per heavy atom. The summed E-state index contributed by atoms with van der Waals surface area (Å²) < 4.78 is 10.9. The van der Waals surface area contributed by atoms with Crippen LogP contribution in [0.2, 0.25) is 0 Å². The summed E-state index contributed by atoms with van der Waals surface area (Å²) in [7, 11) is 0. The smallest absolute Gasteiger partial charge is 0.188 e. The molecule has 2 aliphatic rings. The van der Waals surface area contributed by atoms with E-state index in [1.54, 1.807) is 0 Å². The molecule has 0 aromatic rings. The summed E-state index contributed by atoms with van der Waals surface area (Å²) in [4.78, 5) is 4.25. The monoisotopic (exact) mass is 241 g/mol. The van der Waals surface area contributed by atoms with Gasteiger partial charge in [0.2, 0.25) is 0 Å². The highest BCUT2D eigenvalue weighted by molar-refractivity contribution is 5.78. The summed E-state index contributed by atoms with van der Waals surface area (Å²) in [6.07, 6.45) is 4.52. The number of guanidine groups is 1. The van der Waals surface area contributed by atoms with Gasteiger partial charge in [0.15, 0.2) is 5.96 Å². The van der Waals surface area contributed by atoms with Crippen molar-refractivity contribution in [3.8, 4) is 0 Å². The number of rotatable bonds is 7. The molecule has 5 heteroatoms. The minimum atomic E-state index is 0.580. The summed E-state index contributed by atoms with van der Waals surface area (Å²) >= 11 is 0. The van der Waals surface area contributed by atoms with Gasteiger partial charge in [0.1, 0.15) is 0 Å². The van der Waals surface area contributed by atoms with Crippen molar-refractivity contribution < 1.29 is 9.47 Å². The molecular formula is C12H23N3O2. The first-order chi connectivity index (χ1) is 8.34. The number of nitrogens with zero attached hydrogens (tertiary/aromatic N) is 1. The molecule has 98 valence electrons. The van der Waals surface area contributed by atoms with Crippen molar-refractivity contribution in [1.82, 2.24) is 5.32 Å². The number of hydrogen-bond donors (Lipinski definition) is 2. The van der Waals surface area contributed by atoms with Crippen LogP contribution in [-0.2, 0) is 9.47 Å². The van der Waals surface area contributed by atoms with Crippen LogP contribution in [0.15, 0.2) is 4.99 Å². The lowest BCUT2D eigenvalue weighted by atomic mass is 10.1. The number of aliphatic imine (C=N–C) groups is 1. The molecule has 17 heavy (non-hydrogen) atoms. The van der Waals surface area contributed by atoms with Crippen LogP contribution in [0.5, 0.6) is 0 Å². The largest absolute Gasteiger partial charge is 0.381 e. The minimum absolute atomic E-state index is 0.580. The van der Waals surface area contributed by atoms with Crippen molar-refractivity contribution in [2.75, 3.05) is 33.0 Å². The number of ether oxygens (including phenoxy) is 2. The first-order valence-electron chi connectivity index (χ1n) is 6.56. The Morgan fingerprint density at radius 3 is 3.00 bits per heavy atom. The molecule has 1 heterocycles. The third-order valence-electron chi connectivity index (χ3n) is 3.04. The highest BCUT2D eigenvalue weighted by Crippen LogP contribution is 2.17. The second-order valence-electron chi connectivity index (χ2n) is 4.84. The van der Waals surface area contributed by atoms with E-state index in [-0.39, 0.29) is 0 Å². The summed E-state index contributed by atoms with van der Waals surface area (Å²) in [5.74, 6) is 1.18. The molecule has 1 aliphatic heterocycles. The van der Waals surface area contributed by atoms with Gasteiger partial charge in [-0.25, -0.2) is 0 Å². The molecule has 5 nitrogen and oxygen atoms in total. The van der Waals surface area contributed by atoms with Gasteiger partial charge in [0.25, 0.3) is 0 Å². The first kappa shape index (κ1) is 12.6. The fourth-order valence-electron chi connectivity index (χ4n) is 1.81. The van der Waals surface area contributed by atoms with Crippen molar-refractivity contribution in [3.05, 3.63) is 0 Å². The van der Waals surface area contributed by atoms with E-state index in [4.69, 9.17) is 15.2 Å². The first-order valence-corrected chi connectivity index (χ1v) is 6.56. The third-order valence-corrected chi connectivity index (χ3v) is 3.04. The van der Waals surface area contributed by atoms with E-state index < -0.39 is 0 Å². The van der Waals surface area contributed by atoms with Crippen LogP contribution in [0.4, 0.5) is 0 Å². The number of nitrogens with one attached hydrogen (secondary N) is 1. The molecule has 0 bridgehead atoms. The summed E-state index contributed by atoms with van der Waals surface area (Å²) in [6, 6.07) is 0.581. The maximum absolute atomic E-state index is 5.71. The fraction of sp³-hybridized carbons (Fsp3) is 0.917. The van der Waals surface area contributed by atoms with Crippen LogP contribution in [0.3, 0.4) is 0 Å². The Morgan fingerprint density at radius 2 is 2.29 bits per heavy atom. The molecule has 0 aromatic heterocycles. The zero-order valence-corrected chi connectivity index (χ0v) is 10.4. The number of hydrogen-bond acceptors (Lipinski definition) is 3. The molecule has 0 amide bonds. The zero-order valence-electron chi connectivity index (χ0n) is 10.4. The zero-order chi connectivity index (χ0) is 11.9. The van der Waals surface area contributed by atoms with Crippen molar-refractivity contribution in [3.63, 3.8) is 0 Å². The quantitative estimate of drug-likeness (QED) is 0.387. The summed E-state index contributed by atoms with van der Waals surface area (Å²) in [6.45, 7) is 4.07. The van der Waals surface area contributed by atoms with E-state index in [2.05, 4.69) is 10.3 Å². The van der Waals surface area contributed by atoms with Crippen LogP contribution in [0.1, 0.15) is 25.7 Å². The predicted molar refractivity (Wildman–Crippen MR) is 67.0 cm³/mol. The standard InChI is InChI=1S/C12H23N3O2/c13-12(15-11-2-3-11)14-5-1-6-16-8-10-4-7-17-9-10/h10-11H,1-9H2,(H3,13,14,15). The van der Waals surface area contributed by atoms with Crippen LogP contribution in [0.25, 0.3) is 0 Å². The van der Waals surface area contributed by atoms with E-state index in [0.29, 0.717) is 17.9 Å². The lowest BCUT2D eigenvalue weighted by molar-refractivity contribution is 0.0893. The van der Waals surface area contributed by atoms with Crippen LogP contribution < -0.4 is 11.1 Å². The van der Waals surface area contributed by atoms with Crippen molar-refractivity contribution >= 4 is 5.96 Å². The van der Waals surface area contributed by atoms with Gasteiger partial charge >= 0.3 is 0 Å². The van der Waals surface area contributed by atoms with Crippen molar-refractivity contribution in [2.45, 2.75) is 31.7 Å².